The monoisotopic (exact) mass is 318 g/mol. The van der Waals surface area contributed by atoms with Gasteiger partial charge in [-0.3, -0.25) is 4.79 Å². The summed E-state index contributed by atoms with van der Waals surface area (Å²) in [4.78, 5) is 12.8. The molecule has 4 N–H and O–H groups in total. The molecule has 0 saturated heterocycles. The van der Waals surface area contributed by atoms with Gasteiger partial charge in [0.25, 0.3) is 0 Å². The van der Waals surface area contributed by atoms with Crippen LogP contribution in [0.3, 0.4) is 0 Å². The lowest BCUT2D eigenvalue weighted by atomic mass is 9.81. The first-order valence-corrected chi connectivity index (χ1v) is 8.18. The molecule has 0 aliphatic heterocycles. The van der Waals surface area contributed by atoms with Gasteiger partial charge in [0.2, 0.25) is 0 Å². The summed E-state index contributed by atoms with van der Waals surface area (Å²) in [7, 11) is 0. The van der Waals surface area contributed by atoms with Crippen molar-refractivity contribution >= 4 is 29.3 Å². The van der Waals surface area contributed by atoms with E-state index in [0.717, 1.165) is 46.5 Å². The van der Waals surface area contributed by atoms with E-state index in [9.17, 15) is 4.79 Å². The van der Waals surface area contributed by atoms with Gasteiger partial charge in [0, 0.05) is 22.5 Å². The molecule has 0 atom stereocenters. The van der Waals surface area contributed by atoms with Gasteiger partial charge in [0.15, 0.2) is 5.78 Å². The Kier molecular flexibility index (Phi) is 4.52. The third-order valence-corrected chi connectivity index (χ3v) is 4.27. The van der Waals surface area contributed by atoms with Gasteiger partial charge in [0.1, 0.15) is 0 Å². The molecule has 3 heteroatoms. The van der Waals surface area contributed by atoms with E-state index in [-0.39, 0.29) is 5.78 Å². The highest BCUT2D eigenvalue weighted by Crippen LogP contribution is 2.32. The minimum Gasteiger partial charge on any atom is -0.399 e. The van der Waals surface area contributed by atoms with Crippen LogP contribution < -0.4 is 11.5 Å². The molecular weight excluding hydrogens is 296 g/mol. The summed E-state index contributed by atoms with van der Waals surface area (Å²) in [6.07, 6.45) is 5.58. The Bertz CT molecular complexity index is 731. The number of hydrogen-bond donors (Lipinski definition) is 2. The van der Waals surface area contributed by atoms with E-state index in [0.29, 0.717) is 5.92 Å². The smallest absolute Gasteiger partial charge is 0.185 e. The molecule has 0 aromatic heterocycles. The van der Waals surface area contributed by atoms with Gasteiger partial charge in [-0.25, -0.2) is 0 Å². The molecule has 0 amide bonds. The first-order chi connectivity index (χ1) is 11.5. The number of carbonyl (C=O) groups excluding carboxylic acids is 1. The summed E-state index contributed by atoms with van der Waals surface area (Å²) in [5, 5.41) is 0. The Labute approximate surface area is 142 Å². The Morgan fingerprint density at radius 2 is 1.17 bits per heavy atom. The number of allylic oxidation sites excluding steroid dienone is 2. The molecule has 122 valence electrons. The number of carbonyl (C=O) groups is 1. The standard InChI is InChI=1S/C21H22N2O/c1-14-10-17(12-15-2-6-19(22)7-3-15)21(24)18(11-14)13-16-4-8-20(23)9-5-16/h2-9,12-14H,10-11,22-23H2,1H3/b17-12+,18-13+. The summed E-state index contributed by atoms with van der Waals surface area (Å²) in [6.45, 7) is 2.18. The predicted octanol–water partition coefficient (Wildman–Crippen LogP) is 4.32. The van der Waals surface area contributed by atoms with Crippen molar-refractivity contribution in [3.8, 4) is 0 Å². The molecule has 3 nitrogen and oxygen atoms in total. The molecule has 1 aliphatic rings. The first kappa shape index (κ1) is 16.1. The molecule has 1 fully saturated rings. The first-order valence-electron chi connectivity index (χ1n) is 8.18. The highest BCUT2D eigenvalue weighted by Gasteiger charge is 2.25. The quantitative estimate of drug-likeness (QED) is 0.640. The van der Waals surface area contributed by atoms with Gasteiger partial charge in [-0.1, -0.05) is 31.2 Å². The maximum atomic E-state index is 12.8. The van der Waals surface area contributed by atoms with Crippen LogP contribution in [0.25, 0.3) is 12.2 Å². The Morgan fingerprint density at radius 1 is 0.792 bits per heavy atom. The number of benzene rings is 2. The molecule has 0 unspecified atom stereocenters. The van der Waals surface area contributed by atoms with Crippen LogP contribution in [0.1, 0.15) is 30.9 Å². The SMILES string of the molecule is CC1C/C(=C\c2ccc(N)cc2)C(=O)/C(=C/c2ccc(N)cc2)C1. The van der Waals surface area contributed by atoms with Gasteiger partial charge in [0.05, 0.1) is 0 Å². The third kappa shape index (κ3) is 3.74. The van der Waals surface area contributed by atoms with Gasteiger partial charge in [-0.15, -0.1) is 0 Å². The van der Waals surface area contributed by atoms with Crippen LogP contribution in [-0.2, 0) is 4.79 Å². The van der Waals surface area contributed by atoms with Gasteiger partial charge in [-0.2, -0.15) is 0 Å². The van der Waals surface area contributed by atoms with Crippen molar-refractivity contribution in [2.75, 3.05) is 11.5 Å². The minimum atomic E-state index is 0.141. The van der Waals surface area contributed by atoms with Crippen LogP contribution in [-0.4, -0.2) is 5.78 Å². The number of ketones is 1. The Balaban J connectivity index is 1.90. The average Bonchev–Trinajstić information content (AvgIpc) is 2.56. The number of rotatable bonds is 2. The molecule has 24 heavy (non-hydrogen) atoms. The van der Waals surface area contributed by atoms with Crippen molar-refractivity contribution in [3.63, 3.8) is 0 Å². The zero-order chi connectivity index (χ0) is 17.1. The van der Waals surface area contributed by atoms with Crippen LogP contribution in [0, 0.1) is 5.92 Å². The molecule has 1 aliphatic carbocycles. The van der Waals surface area contributed by atoms with Crippen LogP contribution in [0.2, 0.25) is 0 Å². The maximum Gasteiger partial charge on any atom is 0.185 e. The minimum absolute atomic E-state index is 0.141. The summed E-state index contributed by atoms with van der Waals surface area (Å²) < 4.78 is 0. The lowest BCUT2D eigenvalue weighted by Crippen LogP contribution is -2.18. The highest BCUT2D eigenvalue weighted by atomic mass is 16.1. The third-order valence-electron chi connectivity index (χ3n) is 4.27. The van der Waals surface area contributed by atoms with E-state index in [1.54, 1.807) is 0 Å². The van der Waals surface area contributed by atoms with E-state index < -0.39 is 0 Å². The van der Waals surface area contributed by atoms with Crippen molar-refractivity contribution in [1.82, 2.24) is 0 Å². The molecule has 1 saturated carbocycles. The Morgan fingerprint density at radius 3 is 1.54 bits per heavy atom. The van der Waals surface area contributed by atoms with Crippen LogP contribution in [0.15, 0.2) is 59.7 Å². The topological polar surface area (TPSA) is 69.1 Å². The van der Waals surface area contributed by atoms with Crippen molar-refractivity contribution in [3.05, 3.63) is 70.8 Å². The van der Waals surface area contributed by atoms with E-state index in [1.165, 1.54) is 0 Å². The summed E-state index contributed by atoms with van der Waals surface area (Å²) in [6, 6.07) is 15.2. The van der Waals surface area contributed by atoms with Crippen molar-refractivity contribution < 1.29 is 4.79 Å². The lowest BCUT2D eigenvalue weighted by Gasteiger charge is -2.22. The molecule has 0 spiro atoms. The van der Waals surface area contributed by atoms with Gasteiger partial charge >= 0.3 is 0 Å². The van der Waals surface area contributed by atoms with E-state index in [2.05, 4.69) is 6.92 Å². The number of nitrogens with two attached hydrogens (primary N) is 2. The number of hydrogen-bond acceptors (Lipinski definition) is 3. The second-order valence-corrected chi connectivity index (χ2v) is 6.52. The van der Waals surface area contributed by atoms with E-state index >= 15 is 0 Å². The molecular formula is C21H22N2O. The zero-order valence-electron chi connectivity index (χ0n) is 13.8. The molecule has 0 radical (unpaired) electrons. The van der Waals surface area contributed by atoms with Crippen molar-refractivity contribution in [2.45, 2.75) is 19.8 Å². The predicted molar refractivity (Wildman–Crippen MR) is 101 cm³/mol. The van der Waals surface area contributed by atoms with E-state index in [4.69, 9.17) is 11.5 Å². The zero-order valence-corrected chi connectivity index (χ0v) is 13.8. The second kappa shape index (κ2) is 6.75. The number of anilines is 2. The van der Waals surface area contributed by atoms with E-state index in [1.807, 2.05) is 60.7 Å². The number of Topliss-reactive ketones (excluding diaryl/α,β-unsaturated/α-hetero) is 1. The number of nitrogen functional groups attached to an aromatic ring is 2. The van der Waals surface area contributed by atoms with Crippen LogP contribution in [0.5, 0.6) is 0 Å². The van der Waals surface area contributed by atoms with Crippen molar-refractivity contribution in [2.24, 2.45) is 5.92 Å². The van der Waals surface area contributed by atoms with Crippen molar-refractivity contribution in [1.29, 1.82) is 0 Å². The fraction of sp³-hybridized carbons (Fsp3) is 0.190. The maximum absolute atomic E-state index is 12.8. The highest BCUT2D eigenvalue weighted by molar-refractivity contribution is 6.14. The molecule has 0 heterocycles. The summed E-state index contributed by atoms with van der Waals surface area (Å²) in [5.41, 5.74) is 16.6. The summed E-state index contributed by atoms with van der Waals surface area (Å²) in [5.74, 6) is 0.588. The largest absolute Gasteiger partial charge is 0.399 e. The van der Waals surface area contributed by atoms with Gasteiger partial charge in [-0.05, 0) is 66.3 Å². The average molecular weight is 318 g/mol. The molecule has 0 bridgehead atoms. The normalized spacial score (nSPS) is 21.4. The molecule has 2 aromatic carbocycles. The fourth-order valence-corrected chi connectivity index (χ4v) is 3.05. The fourth-order valence-electron chi connectivity index (χ4n) is 3.05. The summed E-state index contributed by atoms with van der Waals surface area (Å²) >= 11 is 0. The molecule has 3 rings (SSSR count). The van der Waals surface area contributed by atoms with Crippen LogP contribution in [0.4, 0.5) is 11.4 Å². The van der Waals surface area contributed by atoms with Crippen LogP contribution >= 0.6 is 0 Å². The lowest BCUT2D eigenvalue weighted by molar-refractivity contribution is -0.113. The second-order valence-electron chi connectivity index (χ2n) is 6.52. The Hall–Kier alpha value is -2.81. The van der Waals surface area contributed by atoms with Gasteiger partial charge < -0.3 is 11.5 Å². The molecule has 2 aromatic rings.